The van der Waals surface area contributed by atoms with Crippen LogP contribution in [0, 0.1) is 0 Å². The summed E-state index contributed by atoms with van der Waals surface area (Å²) in [5.74, 6) is -0.329. The molecule has 1 aromatic carbocycles. The largest absolute Gasteiger partial charge is 0.350 e. The van der Waals surface area contributed by atoms with E-state index in [-0.39, 0.29) is 30.4 Å². The van der Waals surface area contributed by atoms with Crippen LogP contribution in [-0.4, -0.2) is 30.4 Å². The van der Waals surface area contributed by atoms with Crippen molar-refractivity contribution in [2.75, 3.05) is 11.9 Å². The summed E-state index contributed by atoms with van der Waals surface area (Å²) < 4.78 is 0. The van der Waals surface area contributed by atoms with Gasteiger partial charge in [-0.3, -0.25) is 9.59 Å². The van der Waals surface area contributed by atoms with Crippen molar-refractivity contribution in [2.45, 2.75) is 46.2 Å². The van der Waals surface area contributed by atoms with Gasteiger partial charge in [0.15, 0.2) is 0 Å². The lowest BCUT2D eigenvalue weighted by molar-refractivity contribution is -0.115. The van der Waals surface area contributed by atoms with Crippen molar-refractivity contribution in [3.63, 3.8) is 0 Å². The summed E-state index contributed by atoms with van der Waals surface area (Å²) in [5.41, 5.74) is 1.02. The van der Waals surface area contributed by atoms with Crippen molar-refractivity contribution in [1.82, 2.24) is 10.6 Å². The number of para-hydroxylation sites is 1. The molecule has 0 heterocycles. The maximum Gasteiger partial charge on any atom is 0.253 e. The number of carbonyl (C=O) groups excluding carboxylic acids is 2. The number of hydrogen-bond donors (Lipinski definition) is 3. The van der Waals surface area contributed by atoms with E-state index in [0.717, 1.165) is 6.42 Å². The van der Waals surface area contributed by atoms with E-state index in [0.29, 0.717) is 11.3 Å². The second-order valence-corrected chi connectivity index (χ2v) is 5.41. The molecule has 21 heavy (non-hydrogen) atoms. The topological polar surface area (TPSA) is 70.2 Å². The number of carbonyl (C=O) groups is 2. The van der Waals surface area contributed by atoms with E-state index in [2.05, 4.69) is 16.0 Å². The maximum absolute atomic E-state index is 12.2. The Morgan fingerprint density at radius 1 is 1.14 bits per heavy atom. The van der Waals surface area contributed by atoms with Crippen LogP contribution in [0.5, 0.6) is 0 Å². The van der Waals surface area contributed by atoms with Gasteiger partial charge in [-0.15, -0.1) is 0 Å². The first-order valence-corrected chi connectivity index (χ1v) is 7.37. The summed E-state index contributed by atoms with van der Waals surface area (Å²) in [6.45, 7) is 8.13. The highest BCUT2D eigenvalue weighted by atomic mass is 16.2. The zero-order valence-corrected chi connectivity index (χ0v) is 13.2. The van der Waals surface area contributed by atoms with E-state index in [9.17, 15) is 9.59 Å². The summed E-state index contributed by atoms with van der Waals surface area (Å²) in [4.78, 5) is 24.1. The first-order valence-electron chi connectivity index (χ1n) is 7.37. The summed E-state index contributed by atoms with van der Waals surface area (Å²) in [6.07, 6.45) is 0.860. The summed E-state index contributed by atoms with van der Waals surface area (Å²) in [6, 6.07) is 7.37. The second kappa shape index (κ2) is 8.42. The van der Waals surface area contributed by atoms with Crippen LogP contribution < -0.4 is 16.0 Å². The van der Waals surface area contributed by atoms with E-state index in [4.69, 9.17) is 0 Å². The fourth-order valence-electron chi connectivity index (χ4n) is 1.68. The van der Waals surface area contributed by atoms with Crippen molar-refractivity contribution >= 4 is 17.5 Å². The number of amides is 2. The second-order valence-electron chi connectivity index (χ2n) is 5.41. The molecule has 1 rings (SSSR count). The summed E-state index contributed by atoms with van der Waals surface area (Å²) in [5, 5.41) is 8.72. The van der Waals surface area contributed by atoms with Gasteiger partial charge >= 0.3 is 0 Å². The molecule has 5 nitrogen and oxygen atoms in total. The molecule has 5 heteroatoms. The van der Waals surface area contributed by atoms with E-state index in [1.54, 1.807) is 24.3 Å². The lowest BCUT2D eigenvalue weighted by Crippen LogP contribution is -2.34. The van der Waals surface area contributed by atoms with Crippen LogP contribution in [0.25, 0.3) is 0 Å². The Hall–Kier alpha value is -1.88. The van der Waals surface area contributed by atoms with Gasteiger partial charge in [0.25, 0.3) is 5.91 Å². The van der Waals surface area contributed by atoms with Crippen molar-refractivity contribution in [3.05, 3.63) is 29.8 Å². The lowest BCUT2D eigenvalue weighted by atomic mass is 10.1. The Bertz CT molecular complexity index is 486. The van der Waals surface area contributed by atoms with Crippen LogP contribution in [0.4, 0.5) is 5.69 Å². The molecule has 2 amide bonds. The van der Waals surface area contributed by atoms with Gasteiger partial charge in [0.05, 0.1) is 17.8 Å². The van der Waals surface area contributed by atoms with Gasteiger partial charge in [0.1, 0.15) is 0 Å². The van der Waals surface area contributed by atoms with E-state index < -0.39 is 0 Å². The number of benzene rings is 1. The molecule has 116 valence electrons. The molecule has 0 bridgehead atoms. The van der Waals surface area contributed by atoms with Crippen molar-refractivity contribution < 1.29 is 9.59 Å². The SMILES string of the molecule is CCC(C)NC(=O)c1ccccc1NC(=O)CNC(C)C. The monoisotopic (exact) mass is 291 g/mol. The molecule has 0 saturated carbocycles. The van der Waals surface area contributed by atoms with Crippen LogP contribution in [0.3, 0.4) is 0 Å². The van der Waals surface area contributed by atoms with Crippen molar-refractivity contribution in [1.29, 1.82) is 0 Å². The zero-order valence-electron chi connectivity index (χ0n) is 13.2. The van der Waals surface area contributed by atoms with Crippen LogP contribution in [0.15, 0.2) is 24.3 Å². The quantitative estimate of drug-likeness (QED) is 0.721. The molecule has 1 unspecified atom stereocenters. The molecule has 0 aliphatic rings. The third-order valence-corrected chi connectivity index (χ3v) is 3.11. The highest BCUT2D eigenvalue weighted by molar-refractivity contribution is 6.04. The van der Waals surface area contributed by atoms with Gasteiger partial charge < -0.3 is 16.0 Å². The van der Waals surface area contributed by atoms with E-state index in [1.807, 2.05) is 27.7 Å². The molecule has 0 fully saturated rings. The Kier molecular flexibility index (Phi) is 6.88. The highest BCUT2D eigenvalue weighted by Gasteiger charge is 2.14. The Morgan fingerprint density at radius 2 is 1.81 bits per heavy atom. The molecule has 1 aromatic rings. The zero-order chi connectivity index (χ0) is 15.8. The van der Waals surface area contributed by atoms with Gasteiger partial charge in [-0.2, -0.15) is 0 Å². The molecular weight excluding hydrogens is 266 g/mol. The highest BCUT2D eigenvalue weighted by Crippen LogP contribution is 2.15. The molecule has 3 N–H and O–H groups in total. The van der Waals surface area contributed by atoms with Crippen molar-refractivity contribution in [2.24, 2.45) is 0 Å². The number of nitrogens with one attached hydrogen (secondary N) is 3. The minimum absolute atomic E-state index is 0.101. The molecule has 0 aromatic heterocycles. The van der Waals surface area contributed by atoms with E-state index in [1.165, 1.54) is 0 Å². The van der Waals surface area contributed by atoms with Gasteiger partial charge in [0.2, 0.25) is 5.91 Å². The average molecular weight is 291 g/mol. The fourth-order valence-corrected chi connectivity index (χ4v) is 1.68. The lowest BCUT2D eigenvalue weighted by Gasteiger charge is -2.15. The Balaban J connectivity index is 2.75. The van der Waals surface area contributed by atoms with Gasteiger partial charge in [-0.1, -0.05) is 32.9 Å². The van der Waals surface area contributed by atoms with Crippen LogP contribution in [-0.2, 0) is 4.79 Å². The fraction of sp³-hybridized carbons (Fsp3) is 0.500. The third kappa shape index (κ3) is 5.95. The molecular formula is C16H25N3O2. The summed E-state index contributed by atoms with van der Waals surface area (Å²) >= 11 is 0. The first kappa shape index (κ1) is 17.2. The summed E-state index contributed by atoms with van der Waals surface area (Å²) in [7, 11) is 0. The smallest absolute Gasteiger partial charge is 0.253 e. The van der Waals surface area contributed by atoms with Crippen LogP contribution >= 0.6 is 0 Å². The number of rotatable bonds is 7. The van der Waals surface area contributed by atoms with Gasteiger partial charge in [-0.05, 0) is 25.5 Å². The molecule has 0 aliphatic heterocycles. The number of anilines is 1. The molecule has 1 atom stereocenters. The Labute approximate surface area is 126 Å². The van der Waals surface area contributed by atoms with Crippen LogP contribution in [0.1, 0.15) is 44.5 Å². The minimum atomic E-state index is -0.169. The maximum atomic E-state index is 12.2. The molecule has 0 radical (unpaired) electrons. The normalized spacial score (nSPS) is 12.0. The third-order valence-electron chi connectivity index (χ3n) is 3.11. The average Bonchev–Trinajstić information content (AvgIpc) is 2.45. The van der Waals surface area contributed by atoms with Crippen LogP contribution in [0.2, 0.25) is 0 Å². The van der Waals surface area contributed by atoms with Gasteiger partial charge in [0, 0.05) is 12.1 Å². The molecule has 0 saturated heterocycles. The predicted molar refractivity (Wildman–Crippen MR) is 85.4 cm³/mol. The van der Waals surface area contributed by atoms with Gasteiger partial charge in [-0.25, -0.2) is 0 Å². The molecule has 0 aliphatic carbocycles. The van der Waals surface area contributed by atoms with Crippen molar-refractivity contribution in [3.8, 4) is 0 Å². The Morgan fingerprint density at radius 3 is 2.43 bits per heavy atom. The minimum Gasteiger partial charge on any atom is -0.350 e. The number of hydrogen-bond acceptors (Lipinski definition) is 3. The standard InChI is InChI=1S/C16H25N3O2/c1-5-12(4)18-16(21)13-8-6-7-9-14(13)19-15(20)10-17-11(2)3/h6-9,11-12,17H,5,10H2,1-4H3,(H,18,21)(H,19,20). The molecule has 0 spiro atoms. The first-order chi connectivity index (χ1) is 9.93. The van der Waals surface area contributed by atoms with E-state index >= 15 is 0 Å². The predicted octanol–water partition coefficient (Wildman–Crippen LogP) is 2.15.